The molecule has 1 nitrogen and oxygen atoms in total. The van der Waals surface area contributed by atoms with Crippen LogP contribution in [0.5, 0.6) is 0 Å². The number of carbonyl (C=O) groups excluding carboxylic acids is 1. The molecular weight excluding hydrogens is 236 g/mol. The van der Waals surface area contributed by atoms with Crippen LogP contribution >= 0.6 is 24.4 Å². The van der Waals surface area contributed by atoms with Gasteiger partial charge in [-0.15, -0.1) is 0 Å². The summed E-state index contributed by atoms with van der Waals surface area (Å²) in [5.74, 6) is 0. The Labute approximate surface area is 110 Å². The van der Waals surface area contributed by atoms with Crippen molar-refractivity contribution >= 4 is 29.5 Å². The van der Waals surface area contributed by atoms with E-state index in [1.807, 2.05) is 0 Å². The van der Waals surface area contributed by atoms with Crippen molar-refractivity contribution < 1.29 is 4.79 Å². The fourth-order valence-corrected chi connectivity index (χ4v) is 3.39. The Kier molecular flexibility index (Phi) is 9.24. The Morgan fingerprint density at radius 1 is 1.31 bits per heavy atom. The van der Waals surface area contributed by atoms with Crippen LogP contribution < -0.4 is 0 Å². The maximum atomic E-state index is 11.6. The van der Waals surface area contributed by atoms with Crippen molar-refractivity contribution in [1.82, 2.24) is 0 Å². The van der Waals surface area contributed by atoms with Crippen molar-refractivity contribution in [3.05, 3.63) is 12.2 Å². The molecular formula is C13H24OS2. The van der Waals surface area contributed by atoms with Gasteiger partial charge in [0, 0.05) is 10.5 Å². The van der Waals surface area contributed by atoms with Gasteiger partial charge in [-0.25, -0.2) is 0 Å². The van der Waals surface area contributed by atoms with E-state index in [4.69, 9.17) is 0 Å². The van der Waals surface area contributed by atoms with Crippen LogP contribution in [0, 0.1) is 0 Å². The summed E-state index contributed by atoms with van der Waals surface area (Å²) in [5, 5.41) is 0.964. The van der Waals surface area contributed by atoms with E-state index in [0.29, 0.717) is 16.1 Å². The third-order valence-corrected chi connectivity index (χ3v) is 4.18. The van der Waals surface area contributed by atoms with Crippen molar-refractivity contribution in [3.63, 3.8) is 0 Å². The molecule has 0 saturated carbocycles. The second-order valence-electron chi connectivity index (χ2n) is 4.27. The fraction of sp³-hybridized carbons (Fsp3) is 0.769. The summed E-state index contributed by atoms with van der Waals surface area (Å²) in [7, 11) is 0. The zero-order valence-electron chi connectivity index (χ0n) is 10.7. The van der Waals surface area contributed by atoms with E-state index in [1.54, 1.807) is 6.92 Å². The molecule has 0 fully saturated rings. The van der Waals surface area contributed by atoms with Gasteiger partial charge < -0.3 is 0 Å². The summed E-state index contributed by atoms with van der Waals surface area (Å²) < 4.78 is 0. The highest BCUT2D eigenvalue weighted by molar-refractivity contribution is 8.14. The average molecular weight is 260 g/mol. The van der Waals surface area contributed by atoms with E-state index >= 15 is 0 Å². The first-order valence-corrected chi connectivity index (χ1v) is 7.45. The zero-order chi connectivity index (χ0) is 12.6. The van der Waals surface area contributed by atoms with Gasteiger partial charge in [-0.1, -0.05) is 45.0 Å². The summed E-state index contributed by atoms with van der Waals surface area (Å²) >= 11 is 6.01. The van der Waals surface area contributed by atoms with Crippen molar-refractivity contribution in [2.24, 2.45) is 0 Å². The van der Waals surface area contributed by atoms with E-state index in [0.717, 1.165) is 32.1 Å². The highest BCUT2D eigenvalue weighted by Gasteiger charge is 2.17. The molecule has 16 heavy (non-hydrogen) atoms. The van der Waals surface area contributed by atoms with Crippen molar-refractivity contribution in [3.8, 4) is 0 Å². The van der Waals surface area contributed by atoms with E-state index in [2.05, 4.69) is 33.1 Å². The molecule has 0 spiro atoms. The van der Waals surface area contributed by atoms with E-state index in [9.17, 15) is 4.79 Å². The number of hydrogen-bond acceptors (Lipinski definition) is 3. The van der Waals surface area contributed by atoms with Gasteiger partial charge >= 0.3 is 0 Å². The van der Waals surface area contributed by atoms with Crippen LogP contribution in [-0.2, 0) is 4.79 Å². The lowest BCUT2D eigenvalue weighted by Gasteiger charge is -2.18. The summed E-state index contributed by atoms with van der Waals surface area (Å²) in [5.41, 5.74) is 0.650. The SMILES string of the molecule is C=C(C)C(=O)SC(CCC)CC(S)CCC. The van der Waals surface area contributed by atoms with Gasteiger partial charge in [0.05, 0.1) is 0 Å². The van der Waals surface area contributed by atoms with Crippen LogP contribution in [0.4, 0.5) is 0 Å². The molecule has 0 amide bonds. The van der Waals surface area contributed by atoms with Crippen molar-refractivity contribution in [2.45, 2.75) is 63.4 Å². The first kappa shape index (κ1) is 16.1. The third kappa shape index (κ3) is 7.39. The minimum atomic E-state index is 0.135. The summed E-state index contributed by atoms with van der Waals surface area (Å²) in [6, 6.07) is 0. The van der Waals surface area contributed by atoms with Crippen LogP contribution in [0.15, 0.2) is 12.2 Å². The molecule has 0 aromatic rings. The lowest BCUT2D eigenvalue weighted by atomic mass is 10.1. The highest BCUT2D eigenvalue weighted by atomic mass is 32.2. The van der Waals surface area contributed by atoms with Gasteiger partial charge in [0.25, 0.3) is 0 Å². The number of carbonyl (C=O) groups is 1. The Hall–Kier alpha value is 0.110. The van der Waals surface area contributed by atoms with Crippen LogP contribution in [0.1, 0.15) is 52.9 Å². The predicted molar refractivity (Wildman–Crippen MR) is 78.4 cm³/mol. The van der Waals surface area contributed by atoms with Crippen LogP contribution in [0.25, 0.3) is 0 Å². The summed E-state index contributed by atoms with van der Waals surface area (Å²) in [6.45, 7) is 9.80. The number of rotatable bonds is 8. The average Bonchev–Trinajstić information content (AvgIpc) is 2.17. The normalized spacial score (nSPS) is 14.5. The Balaban J connectivity index is 4.15. The minimum Gasteiger partial charge on any atom is -0.282 e. The molecule has 0 radical (unpaired) electrons. The van der Waals surface area contributed by atoms with Gasteiger partial charge in [0.15, 0.2) is 0 Å². The lowest BCUT2D eigenvalue weighted by Crippen LogP contribution is -2.13. The summed E-state index contributed by atoms with van der Waals surface area (Å²) in [6.07, 6.45) is 5.52. The second-order valence-corrected chi connectivity index (χ2v) is 6.28. The van der Waals surface area contributed by atoms with E-state index < -0.39 is 0 Å². The van der Waals surface area contributed by atoms with Gasteiger partial charge in [0.1, 0.15) is 0 Å². The largest absolute Gasteiger partial charge is 0.282 e. The van der Waals surface area contributed by atoms with Gasteiger partial charge in [0.2, 0.25) is 5.12 Å². The second kappa shape index (κ2) is 9.17. The maximum absolute atomic E-state index is 11.6. The molecule has 0 aromatic carbocycles. The highest BCUT2D eigenvalue weighted by Crippen LogP contribution is 2.27. The number of thiol groups is 1. The first-order chi connectivity index (χ1) is 7.51. The molecule has 0 bridgehead atoms. The number of thioether (sulfide) groups is 1. The maximum Gasteiger partial charge on any atom is 0.214 e. The molecule has 0 N–H and O–H groups in total. The Bertz CT molecular complexity index is 226. The predicted octanol–water partition coefficient (Wildman–Crippen LogP) is 4.48. The van der Waals surface area contributed by atoms with Gasteiger partial charge in [-0.3, -0.25) is 4.79 Å². The fourth-order valence-electron chi connectivity index (χ4n) is 1.55. The Morgan fingerprint density at radius 3 is 2.31 bits per heavy atom. The third-order valence-electron chi connectivity index (χ3n) is 2.39. The van der Waals surface area contributed by atoms with Gasteiger partial charge in [-0.05, 0) is 31.8 Å². The molecule has 0 aliphatic heterocycles. The van der Waals surface area contributed by atoms with Gasteiger partial charge in [-0.2, -0.15) is 12.6 Å². The molecule has 3 heteroatoms. The molecule has 2 atom stereocenters. The van der Waals surface area contributed by atoms with Crippen molar-refractivity contribution in [1.29, 1.82) is 0 Å². The topological polar surface area (TPSA) is 17.1 Å². The summed E-state index contributed by atoms with van der Waals surface area (Å²) in [4.78, 5) is 11.6. The monoisotopic (exact) mass is 260 g/mol. The quantitative estimate of drug-likeness (QED) is 0.512. The minimum absolute atomic E-state index is 0.135. The smallest absolute Gasteiger partial charge is 0.214 e. The molecule has 94 valence electrons. The molecule has 0 saturated heterocycles. The standard InChI is InChI=1S/C13H24OS2/c1-5-7-11(15)9-12(8-6-2)16-13(14)10(3)4/h11-12,15H,3,5-9H2,1-2,4H3. The zero-order valence-corrected chi connectivity index (χ0v) is 12.4. The van der Waals surface area contributed by atoms with E-state index in [-0.39, 0.29) is 5.12 Å². The first-order valence-electron chi connectivity index (χ1n) is 6.05. The molecule has 0 rings (SSSR count). The Morgan fingerprint density at radius 2 is 1.88 bits per heavy atom. The van der Waals surface area contributed by atoms with Crippen LogP contribution in [0.3, 0.4) is 0 Å². The number of hydrogen-bond donors (Lipinski definition) is 1. The lowest BCUT2D eigenvalue weighted by molar-refractivity contribution is -0.107. The molecule has 0 aliphatic carbocycles. The molecule has 0 aromatic heterocycles. The van der Waals surface area contributed by atoms with Crippen molar-refractivity contribution in [2.75, 3.05) is 0 Å². The van der Waals surface area contributed by atoms with Crippen LogP contribution in [-0.4, -0.2) is 15.6 Å². The van der Waals surface area contributed by atoms with E-state index in [1.165, 1.54) is 11.8 Å². The molecule has 2 unspecified atom stereocenters. The molecule has 0 aliphatic rings. The van der Waals surface area contributed by atoms with Crippen LogP contribution in [0.2, 0.25) is 0 Å². The molecule has 0 heterocycles.